The standard InChI is InChI=1S/C36H49NO5/c1-23(10-13-32(41)42-36(15-7-18-37-19-17-36)24-8-5-4-6-9-24)27-11-12-28-33-29(22-31(40)35(27,28)3)34(2)16-14-26(38)20-25(34)21-30(33)39/h4-6,8-9,23,25,27-29,33,37H,7,10-22H2,1-3H3/p+1/t23-,25+,27-,28+,29+,33+,34+,35-,36?/m1/s1. The molecule has 5 aliphatic rings. The van der Waals surface area contributed by atoms with Crippen molar-refractivity contribution in [1.82, 2.24) is 0 Å². The van der Waals surface area contributed by atoms with Crippen LogP contribution in [0.2, 0.25) is 0 Å². The first-order chi connectivity index (χ1) is 20.1. The Balaban J connectivity index is 1.15. The Kier molecular flexibility index (Phi) is 8.00. The second-order valence-corrected chi connectivity index (χ2v) is 15.0. The molecule has 6 rings (SSSR count). The summed E-state index contributed by atoms with van der Waals surface area (Å²) in [5, 5.41) is 2.31. The quantitative estimate of drug-likeness (QED) is 0.472. The van der Waals surface area contributed by atoms with Crippen LogP contribution in [0.3, 0.4) is 0 Å². The zero-order chi connectivity index (χ0) is 29.7. The summed E-state index contributed by atoms with van der Waals surface area (Å²) in [6, 6.07) is 10.2. The van der Waals surface area contributed by atoms with E-state index in [9.17, 15) is 19.2 Å². The van der Waals surface area contributed by atoms with Crippen LogP contribution in [0.4, 0.5) is 0 Å². The van der Waals surface area contributed by atoms with Crippen molar-refractivity contribution in [3.63, 3.8) is 0 Å². The van der Waals surface area contributed by atoms with Crippen LogP contribution in [0.15, 0.2) is 30.3 Å². The Bertz CT molecular complexity index is 1220. The Morgan fingerprint density at radius 1 is 0.976 bits per heavy atom. The SMILES string of the molecule is C[C@H](CCC(=O)OC1(c2ccccc2)CCC[NH2+]CC1)[C@H]1CC[C@H]2[C@@H]3C(=O)C[C@@H]4CC(=O)CC[C@]4(C)[C@H]3CC(=O)[C@]12C. The van der Waals surface area contributed by atoms with Gasteiger partial charge in [0.05, 0.1) is 13.1 Å². The van der Waals surface area contributed by atoms with Gasteiger partial charge >= 0.3 is 5.97 Å². The van der Waals surface area contributed by atoms with Crippen LogP contribution in [0, 0.1) is 46.3 Å². The van der Waals surface area contributed by atoms with Gasteiger partial charge in [0.1, 0.15) is 23.0 Å². The molecule has 0 bridgehead atoms. The molecule has 42 heavy (non-hydrogen) atoms. The fraction of sp³-hybridized carbons (Fsp3) is 0.722. The molecule has 0 aromatic heterocycles. The van der Waals surface area contributed by atoms with E-state index in [0.717, 1.165) is 57.2 Å². The number of hydrogen-bond donors (Lipinski definition) is 1. The largest absolute Gasteiger partial charge is 0.454 e. The maximum atomic E-state index is 14.1. The zero-order valence-electron chi connectivity index (χ0n) is 25.9. The first-order valence-electron chi connectivity index (χ1n) is 16.8. The molecule has 1 unspecified atom stereocenters. The van der Waals surface area contributed by atoms with Crippen LogP contribution < -0.4 is 5.32 Å². The van der Waals surface area contributed by atoms with Crippen molar-refractivity contribution in [3.05, 3.63) is 35.9 Å². The van der Waals surface area contributed by atoms with E-state index in [4.69, 9.17) is 4.74 Å². The number of rotatable bonds is 6. The maximum Gasteiger partial charge on any atom is 0.306 e. The molecule has 228 valence electrons. The molecular formula is C36H50NO5+. The molecule has 0 amide bonds. The van der Waals surface area contributed by atoms with Crippen molar-refractivity contribution >= 4 is 23.3 Å². The Labute approximate surface area is 251 Å². The predicted octanol–water partition coefficient (Wildman–Crippen LogP) is 5.17. The molecule has 0 radical (unpaired) electrons. The molecule has 1 aromatic rings. The third kappa shape index (κ3) is 4.90. The minimum absolute atomic E-state index is 0.0671. The van der Waals surface area contributed by atoms with Crippen LogP contribution in [-0.2, 0) is 29.5 Å². The average Bonchev–Trinajstić information content (AvgIpc) is 3.16. The number of fused-ring (bicyclic) bond motifs is 5. The molecule has 6 nitrogen and oxygen atoms in total. The Morgan fingerprint density at radius 2 is 1.76 bits per heavy atom. The van der Waals surface area contributed by atoms with Crippen molar-refractivity contribution in [2.45, 2.75) is 103 Å². The van der Waals surface area contributed by atoms with E-state index in [1.54, 1.807) is 0 Å². The monoisotopic (exact) mass is 576 g/mol. The third-order valence-corrected chi connectivity index (χ3v) is 13.1. The molecule has 4 saturated carbocycles. The van der Waals surface area contributed by atoms with E-state index in [1.807, 2.05) is 18.2 Å². The first-order valence-corrected chi connectivity index (χ1v) is 16.8. The second kappa shape index (κ2) is 11.3. The summed E-state index contributed by atoms with van der Waals surface area (Å²) >= 11 is 0. The smallest absolute Gasteiger partial charge is 0.306 e. The Hall–Kier alpha value is -2.34. The molecule has 1 saturated heterocycles. The summed E-state index contributed by atoms with van der Waals surface area (Å²) in [5.74, 6) is 1.28. The molecule has 1 aromatic carbocycles. The van der Waals surface area contributed by atoms with E-state index in [-0.39, 0.29) is 52.7 Å². The fourth-order valence-corrected chi connectivity index (χ4v) is 10.5. The minimum atomic E-state index is -0.563. The van der Waals surface area contributed by atoms with Crippen LogP contribution in [0.5, 0.6) is 0 Å². The van der Waals surface area contributed by atoms with Gasteiger partial charge in [-0.2, -0.15) is 0 Å². The maximum absolute atomic E-state index is 14.1. The van der Waals surface area contributed by atoms with E-state index in [2.05, 4.69) is 38.2 Å². The summed E-state index contributed by atoms with van der Waals surface area (Å²) in [6.45, 7) is 8.60. The highest BCUT2D eigenvalue weighted by molar-refractivity contribution is 5.93. The van der Waals surface area contributed by atoms with Gasteiger partial charge in [-0.25, -0.2) is 0 Å². The number of benzene rings is 1. The molecule has 1 heterocycles. The first kappa shape index (κ1) is 29.7. The molecule has 5 fully saturated rings. The summed E-state index contributed by atoms with van der Waals surface area (Å²) in [5.41, 5.74) is -0.0880. The van der Waals surface area contributed by atoms with Gasteiger partial charge in [0.15, 0.2) is 0 Å². The molecule has 1 aliphatic heterocycles. The van der Waals surface area contributed by atoms with Crippen LogP contribution >= 0.6 is 0 Å². The summed E-state index contributed by atoms with van der Waals surface area (Å²) < 4.78 is 6.37. The van der Waals surface area contributed by atoms with Gasteiger partial charge in [-0.15, -0.1) is 0 Å². The van der Waals surface area contributed by atoms with Crippen molar-refractivity contribution < 1.29 is 29.2 Å². The lowest BCUT2D eigenvalue weighted by atomic mass is 9.44. The number of ether oxygens (including phenoxy) is 1. The van der Waals surface area contributed by atoms with Gasteiger partial charge < -0.3 is 10.1 Å². The number of nitrogens with two attached hydrogens (primary N) is 1. The predicted molar refractivity (Wildman–Crippen MR) is 159 cm³/mol. The van der Waals surface area contributed by atoms with Crippen LogP contribution in [-0.4, -0.2) is 36.4 Å². The molecule has 6 heteroatoms. The highest BCUT2D eigenvalue weighted by Crippen LogP contribution is 2.66. The zero-order valence-corrected chi connectivity index (χ0v) is 25.9. The van der Waals surface area contributed by atoms with E-state index in [0.29, 0.717) is 50.1 Å². The number of hydrogen-bond acceptors (Lipinski definition) is 5. The highest BCUT2D eigenvalue weighted by Gasteiger charge is 2.66. The van der Waals surface area contributed by atoms with Crippen LogP contribution in [0.1, 0.15) is 103 Å². The van der Waals surface area contributed by atoms with Gasteiger partial charge in [0, 0.05) is 56.3 Å². The molecule has 2 N–H and O–H groups in total. The number of Topliss-reactive ketones (excluding diaryl/α,β-unsaturated/α-hetero) is 3. The summed E-state index contributed by atoms with van der Waals surface area (Å²) in [7, 11) is 0. The van der Waals surface area contributed by atoms with Gasteiger partial charge in [0.25, 0.3) is 0 Å². The van der Waals surface area contributed by atoms with Gasteiger partial charge in [-0.05, 0) is 72.7 Å². The lowest BCUT2D eigenvalue weighted by molar-refractivity contribution is -0.653. The second-order valence-electron chi connectivity index (χ2n) is 15.0. The van der Waals surface area contributed by atoms with Crippen molar-refractivity contribution in [2.24, 2.45) is 46.3 Å². The molecular weight excluding hydrogens is 526 g/mol. The lowest BCUT2D eigenvalue weighted by Crippen LogP contribution is -2.84. The summed E-state index contributed by atoms with van der Waals surface area (Å²) in [6.07, 6.45) is 8.42. The number of quaternary nitrogens is 1. The Morgan fingerprint density at radius 3 is 2.55 bits per heavy atom. The van der Waals surface area contributed by atoms with Gasteiger partial charge in [-0.3, -0.25) is 19.2 Å². The molecule has 9 atom stereocenters. The number of carbonyl (C=O) groups is 4. The van der Waals surface area contributed by atoms with Gasteiger partial charge in [-0.1, -0.05) is 51.1 Å². The topological polar surface area (TPSA) is 94.1 Å². The van der Waals surface area contributed by atoms with E-state index >= 15 is 0 Å². The summed E-state index contributed by atoms with van der Waals surface area (Å²) in [4.78, 5) is 53.5. The third-order valence-electron chi connectivity index (χ3n) is 13.1. The highest BCUT2D eigenvalue weighted by atomic mass is 16.6. The lowest BCUT2D eigenvalue weighted by Gasteiger charge is -2.58. The van der Waals surface area contributed by atoms with Crippen molar-refractivity contribution in [3.8, 4) is 0 Å². The van der Waals surface area contributed by atoms with Gasteiger partial charge in [0.2, 0.25) is 0 Å². The fourth-order valence-electron chi connectivity index (χ4n) is 10.5. The average molecular weight is 577 g/mol. The van der Waals surface area contributed by atoms with E-state index < -0.39 is 11.0 Å². The minimum Gasteiger partial charge on any atom is -0.454 e. The van der Waals surface area contributed by atoms with Crippen molar-refractivity contribution in [1.29, 1.82) is 0 Å². The number of esters is 1. The van der Waals surface area contributed by atoms with E-state index in [1.165, 1.54) is 0 Å². The van der Waals surface area contributed by atoms with Crippen molar-refractivity contribution in [2.75, 3.05) is 13.1 Å². The number of ketones is 3. The molecule has 0 spiro atoms. The number of carbonyl (C=O) groups excluding carboxylic acids is 4. The molecule has 4 aliphatic carbocycles. The van der Waals surface area contributed by atoms with Crippen LogP contribution in [0.25, 0.3) is 0 Å². The normalized spacial score (nSPS) is 40.8.